The van der Waals surface area contributed by atoms with Gasteiger partial charge in [0, 0.05) is 6.92 Å². The highest BCUT2D eigenvalue weighted by Gasteiger charge is 2.30. The van der Waals surface area contributed by atoms with E-state index in [-0.39, 0.29) is 24.9 Å². The molecule has 0 aliphatic heterocycles. The Bertz CT molecular complexity index is 907. The molecule has 0 fully saturated rings. The van der Waals surface area contributed by atoms with Gasteiger partial charge in [-0.15, -0.1) is 0 Å². The van der Waals surface area contributed by atoms with Crippen LogP contribution >= 0.6 is 0 Å². The lowest BCUT2D eigenvalue weighted by Crippen LogP contribution is -2.56. The molecule has 1 rings (SSSR count). The summed E-state index contributed by atoms with van der Waals surface area (Å²) in [5.74, 6) is -3.64. The van der Waals surface area contributed by atoms with Crippen molar-refractivity contribution in [2.75, 3.05) is 19.8 Å². The molecule has 212 valence electrons. The first kappa shape index (κ1) is 32.6. The molecule has 0 aromatic heterocycles. The number of hydrogen-bond acceptors (Lipinski definition) is 7. The van der Waals surface area contributed by atoms with Crippen molar-refractivity contribution in [3.05, 3.63) is 35.9 Å². The van der Waals surface area contributed by atoms with E-state index in [1.807, 2.05) is 51.1 Å². The smallest absolute Gasteiger partial charge is 0.332 e. The molecule has 11 nitrogen and oxygen atoms in total. The van der Waals surface area contributed by atoms with Crippen LogP contribution in [0.2, 0.25) is 0 Å². The zero-order valence-corrected chi connectivity index (χ0v) is 22.7. The third-order valence-electron chi connectivity index (χ3n) is 5.48. The lowest BCUT2D eigenvalue weighted by Gasteiger charge is -2.25. The standard InChI is InChI=1S/C27H41N3O8/c1-5-6-14-38-24(32)17-37-16-23(27(35)36)30-26(34)22(15-18(2)3)29-25(33)21(28-19(4)31)13-12-20-10-8-7-9-11-20/h7-11,18,21-23H,5-6,12-17H2,1-4H3,(H,28,31)(H,29,33)(H,30,34)(H,35,36)/t21-,22-,23-/m0/s1. The van der Waals surface area contributed by atoms with Crippen LogP contribution in [-0.2, 0) is 39.9 Å². The van der Waals surface area contributed by atoms with Gasteiger partial charge in [0.05, 0.1) is 13.2 Å². The summed E-state index contributed by atoms with van der Waals surface area (Å²) in [6.45, 7) is 6.30. The van der Waals surface area contributed by atoms with E-state index in [9.17, 15) is 29.1 Å². The Kier molecular flexibility index (Phi) is 15.3. The maximum Gasteiger partial charge on any atom is 0.332 e. The van der Waals surface area contributed by atoms with Gasteiger partial charge in [0.15, 0.2) is 6.04 Å². The number of carboxylic acids is 1. The number of rotatable bonds is 18. The molecular formula is C27H41N3O8. The second kappa shape index (κ2) is 17.9. The molecule has 1 aromatic carbocycles. The van der Waals surface area contributed by atoms with Crippen LogP contribution in [0.4, 0.5) is 0 Å². The number of aryl methyl sites for hydroxylation is 1. The molecule has 0 bridgehead atoms. The minimum absolute atomic E-state index is 0.00740. The number of ether oxygens (including phenoxy) is 2. The number of carboxylic acid groups (broad SMARTS) is 1. The number of amides is 3. The van der Waals surface area contributed by atoms with Gasteiger partial charge in [0.25, 0.3) is 0 Å². The third kappa shape index (κ3) is 13.7. The average molecular weight is 536 g/mol. The highest BCUT2D eigenvalue weighted by molar-refractivity contribution is 5.93. The number of esters is 1. The molecule has 0 spiro atoms. The summed E-state index contributed by atoms with van der Waals surface area (Å²) in [6.07, 6.45) is 2.64. The van der Waals surface area contributed by atoms with Crippen LogP contribution in [0.5, 0.6) is 0 Å². The summed E-state index contributed by atoms with van der Waals surface area (Å²) >= 11 is 0. The van der Waals surface area contributed by atoms with E-state index in [4.69, 9.17) is 9.47 Å². The van der Waals surface area contributed by atoms with Crippen LogP contribution in [0.25, 0.3) is 0 Å². The molecule has 0 unspecified atom stereocenters. The van der Waals surface area contributed by atoms with E-state index in [2.05, 4.69) is 16.0 Å². The van der Waals surface area contributed by atoms with Gasteiger partial charge in [-0.2, -0.15) is 0 Å². The molecule has 11 heteroatoms. The van der Waals surface area contributed by atoms with Crippen LogP contribution in [0, 0.1) is 5.92 Å². The minimum atomic E-state index is -1.44. The molecule has 38 heavy (non-hydrogen) atoms. The van der Waals surface area contributed by atoms with Crippen molar-refractivity contribution in [3.8, 4) is 0 Å². The molecular weight excluding hydrogens is 494 g/mol. The molecule has 3 atom stereocenters. The van der Waals surface area contributed by atoms with Gasteiger partial charge in [-0.05, 0) is 37.2 Å². The summed E-state index contributed by atoms with van der Waals surface area (Å²) < 4.78 is 10.1. The molecule has 4 N–H and O–H groups in total. The normalized spacial score (nSPS) is 13.2. The number of carbonyl (C=O) groups excluding carboxylic acids is 4. The van der Waals surface area contributed by atoms with Gasteiger partial charge < -0.3 is 30.5 Å². The number of unbranched alkanes of at least 4 members (excludes halogenated alkanes) is 1. The largest absolute Gasteiger partial charge is 0.480 e. The van der Waals surface area contributed by atoms with Crippen molar-refractivity contribution >= 4 is 29.7 Å². The van der Waals surface area contributed by atoms with Crippen molar-refractivity contribution in [2.24, 2.45) is 5.92 Å². The van der Waals surface area contributed by atoms with Crippen LogP contribution in [0.1, 0.15) is 58.9 Å². The number of carbonyl (C=O) groups is 5. The fourth-order valence-electron chi connectivity index (χ4n) is 3.52. The summed E-state index contributed by atoms with van der Waals surface area (Å²) in [7, 11) is 0. The topological polar surface area (TPSA) is 160 Å². The lowest BCUT2D eigenvalue weighted by molar-refractivity contribution is -0.152. The summed E-state index contributed by atoms with van der Waals surface area (Å²) in [4.78, 5) is 61.2. The first-order valence-electron chi connectivity index (χ1n) is 12.9. The first-order chi connectivity index (χ1) is 18.0. The summed E-state index contributed by atoms with van der Waals surface area (Å²) in [6, 6.07) is 6.09. The maximum atomic E-state index is 13.1. The van der Waals surface area contributed by atoms with Crippen LogP contribution in [0.3, 0.4) is 0 Å². The van der Waals surface area contributed by atoms with E-state index in [0.717, 1.165) is 12.0 Å². The van der Waals surface area contributed by atoms with E-state index >= 15 is 0 Å². The number of benzene rings is 1. The van der Waals surface area contributed by atoms with Gasteiger partial charge >= 0.3 is 11.9 Å². The highest BCUT2D eigenvalue weighted by Crippen LogP contribution is 2.09. The van der Waals surface area contributed by atoms with E-state index in [1.165, 1.54) is 6.92 Å². The second-order valence-electron chi connectivity index (χ2n) is 9.46. The van der Waals surface area contributed by atoms with Crippen LogP contribution in [-0.4, -0.2) is 72.7 Å². The van der Waals surface area contributed by atoms with Gasteiger partial charge in [-0.3, -0.25) is 14.4 Å². The molecule has 3 amide bonds. The molecule has 0 aliphatic carbocycles. The van der Waals surface area contributed by atoms with Crippen molar-refractivity contribution in [2.45, 2.75) is 77.9 Å². The third-order valence-corrected chi connectivity index (χ3v) is 5.48. The first-order valence-corrected chi connectivity index (χ1v) is 12.9. The zero-order valence-electron chi connectivity index (χ0n) is 22.7. The highest BCUT2D eigenvalue weighted by atomic mass is 16.6. The lowest BCUT2D eigenvalue weighted by atomic mass is 10.0. The molecule has 0 heterocycles. The Morgan fingerprint density at radius 3 is 2.13 bits per heavy atom. The molecule has 0 saturated heterocycles. The van der Waals surface area contributed by atoms with E-state index in [1.54, 1.807) is 0 Å². The van der Waals surface area contributed by atoms with Gasteiger partial charge in [0.2, 0.25) is 17.7 Å². The van der Waals surface area contributed by atoms with E-state index < -0.39 is 55.1 Å². The minimum Gasteiger partial charge on any atom is -0.480 e. The Balaban J connectivity index is 2.80. The summed E-state index contributed by atoms with van der Waals surface area (Å²) in [5, 5.41) is 17.2. The van der Waals surface area contributed by atoms with Crippen molar-refractivity contribution < 1.29 is 38.6 Å². The van der Waals surface area contributed by atoms with Gasteiger partial charge in [0.1, 0.15) is 18.7 Å². The number of hydrogen-bond donors (Lipinski definition) is 4. The SMILES string of the molecule is CCCCOC(=O)COC[C@H](NC(=O)[C@H](CC(C)C)NC(=O)[C@H](CCc1ccccc1)NC(C)=O)C(=O)O. The van der Waals surface area contributed by atoms with Crippen molar-refractivity contribution in [1.82, 2.24) is 16.0 Å². The molecule has 1 aromatic rings. The zero-order chi connectivity index (χ0) is 28.5. The molecule has 0 saturated carbocycles. The Labute approximate surface area is 224 Å². The Morgan fingerprint density at radius 2 is 1.55 bits per heavy atom. The second-order valence-corrected chi connectivity index (χ2v) is 9.46. The average Bonchev–Trinajstić information content (AvgIpc) is 2.85. The number of nitrogens with one attached hydrogen (secondary N) is 3. The fourth-order valence-corrected chi connectivity index (χ4v) is 3.52. The summed E-state index contributed by atoms with van der Waals surface area (Å²) in [5.41, 5.74) is 0.991. The predicted molar refractivity (Wildman–Crippen MR) is 140 cm³/mol. The van der Waals surface area contributed by atoms with Crippen molar-refractivity contribution in [3.63, 3.8) is 0 Å². The Hall–Kier alpha value is -3.47. The van der Waals surface area contributed by atoms with Crippen LogP contribution < -0.4 is 16.0 Å². The predicted octanol–water partition coefficient (Wildman–Crippen LogP) is 1.58. The molecule has 0 radical (unpaired) electrons. The van der Waals surface area contributed by atoms with Crippen LogP contribution in [0.15, 0.2) is 30.3 Å². The van der Waals surface area contributed by atoms with E-state index in [0.29, 0.717) is 19.3 Å². The Morgan fingerprint density at radius 1 is 0.921 bits per heavy atom. The van der Waals surface area contributed by atoms with Gasteiger partial charge in [-0.1, -0.05) is 57.5 Å². The quantitative estimate of drug-likeness (QED) is 0.163. The molecule has 0 aliphatic rings. The fraction of sp³-hybridized carbons (Fsp3) is 0.593. The number of aliphatic carboxylic acids is 1. The monoisotopic (exact) mass is 535 g/mol. The maximum absolute atomic E-state index is 13.1. The van der Waals surface area contributed by atoms with Gasteiger partial charge in [-0.25, -0.2) is 9.59 Å². The van der Waals surface area contributed by atoms with Crippen molar-refractivity contribution in [1.29, 1.82) is 0 Å².